The van der Waals surface area contributed by atoms with Crippen molar-refractivity contribution in [2.45, 2.75) is 19.1 Å². The minimum Gasteiger partial charge on any atom is -0.504 e. The highest BCUT2D eigenvalue weighted by molar-refractivity contribution is 5.41. The molecule has 1 aliphatic rings. The standard InChI is InChI=1S/C13H19NO3/c1-16-11-5-6-14(9-11)8-10-3-4-13(17-2)12(15)7-10/h3-4,7,11,15H,5-6,8-9H2,1-2H3. The predicted octanol–water partition coefficient (Wildman–Crippen LogP) is 1.62. The van der Waals surface area contributed by atoms with Crippen LogP contribution in [0, 0.1) is 0 Å². The number of benzene rings is 1. The van der Waals surface area contributed by atoms with Crippen LogP contribution in [-0.2, 0) is 11.3 Å². The van der Waals surface area contributed by atoms with Gasteiger partial charge in [-0.2, -0.15) is 0 Å². The van der Waals surface area contributed by atoms with Gasteiger partial charge in [0.2, 0.25) is 0 Å². The van der Waals surface area contributed by atoms with E-state index in [0.717, 1.165) is 31.6 Å². The fourth-order valence-electron chi connectivity index (χ4n) is 2.23. The lowest BCUT2D eigenvalue weighted by Gasteiger charge is -2.16. The second-order valence-corrected chi connectivity index (χ2v) is 4.39. The Balaban J connectivity index is 1.97. The van der Waals surface area contributed by atoms with Crippen molar-refractivity contribution in [3.05, 3.63) is 23.8 Å². The summed E-state index contributed by atoms with van der Waals surface area (Å²) in [6, 6.07) is 5.55. The molecule has 0 amide bonds. The van der Waals surface area contributed by atoms with Gasteiger partial charge < -0.3 is 14.6 Å². The lowest BCUT2D eigenvalue weighted by atomic mass is 10.2. The van der Waals surface area contributed by atoms with E-state index in [4.69, 9.17) is 9.47 Å². The summed E-state index contributed by atoms with van der Waals surface area (Å²) in [6.07, 6.45) is 1.43. The van der Waals surface area contributed by atoms with Crippen molar-refractivity contribution in [2.24, 2.45) is 0 Å². The quantitative estimate of drug-likeness (QED) is 0.864. The zero-order valence-electron chi connectivity index (χ0n) is 10.3. The molecule has 0 aliphatic carbocycles. The highest BCUT2D eigenvalue weighted by Crippen LogP contribution is 2.27. The molecule has 0 bridgehead atoms. The molecule has 1 aliphatic heterocycles. The second-order valence-electron chi connectivity index (χ2n) is 4.39. The number of aromatic hydroxyl groups is 1. The van der Waals surface area contributed by atoms with Crippen molar-refractivity contribution < 1.29 is 14.6 Å². The van der Waals surface area contributed by atoms with Crippen molar-refractivity contribution in [1.82, 2.24) is 4.90 Å². The Morgan fingerprint density at radius 2 is 2.24 bits per heavy atom. The molecule has 17 heavy (non-hydrogen) atoms. The summed E-state index contributed by atoms with van der Waals surface area (Å²) in [6.45, 7) is 2.85. The highest BCUT2D eigenvalue weighted by Gasteiger charge is 2.21. The Hall–Kier alpha value is -1.26. The van der Waals surface area contributed by atoms with Gasteiger partial charge in [0.1, 0.15) is 0 Å². The van der Waals surface area contributed by atoms with Gasteiger partial charge in [-0.15, -0.1) is 0 Å². The maximum Gasteiger partial charge on any atom is 0.160 e. The Morgan fingerprint density at radius 1 is 1.41 bits per heavy atom. The Kier molecular flexibility index (Phi) is 3.86. The largest absolute Gasteiger partial charge is 0.504 e. The lowest BCUT2D eigenvalue weighted by Crippen LogP contribution is -2.22. The number of methoxy groups -OCH3 is 2. The highest BCUT2D eigenvalue weighted by atomic mass is 16.5. The third kappa shape index (κ3) is 2.90. The summed E-state index contributed by atoms with van der Waals surface area (Å²) < 4.78 is 10.3. The molecule has 1 atom stereocenters. The summed E-state index contributed by atoms with van der Waals surface area (Å²) in [7, 11) is 3.31. The average Bonchev–Trinajstić information content (AvgIpc) is 2.77. The van der Waals surface area contributed by atoms with Crippen LogP contribution in [0.4, 0.5) is 0 Å². The van der Waals surface area contributed by atoms with Gasteiger partial charge in [0.05, 0.1) is 13.2 Å². The minimum absolute atomic E-state index is 0.201. The van der Waals surface area contributed by atoms with Gasteiger partial charge in [-0.05, 0) is 24.1 Å². The van der Waals surface area contributed by atoms with Crippen molar-refractivity contribution in [2.75, 3.05) is 27.3 Å². The summed E-state index contributed by atoms with van der Waals surface area (Å²) in [5.41, 5.74) is 1.10. The van der Waals surface area contributed by atoms with E-state index < -0.39 is 0 Å². The molecule has 94 valence electrons. The maximum atomic E-state index is 9.70. The monoisotopic (exact) mass is 237 g/mol. The van der Waals surface area contributed by atoms with E-state index in [1.54, 1.807) is 26.4 Å². The predicted molar refractivity (Wildman–Crippen MR) is 65.3 cm³/mol. The molecule has 0 radical (unpaired) electrons. The molecule has 1 heterocycles. The van der Waals surface area contributed by atoms with E-state index in [1.807, 2.05) is 6.07 Å². The molecule has 1 fully saturated rings. The number of ether oxygens (including phenoxy) is 2. The summed E-state index contributed by atoms with van der Waals surface area (Å²) >= 11 is 0. The van der Waals surface area contributed by atoms with Crippen molar-refractivity contribution >= 4 is 0 Å². The molecule has 1 unspecified atom stereocenters. The van der Waals surface area contributed by atoms with Crippen LogP contribution in [0.3, 0.4) is 0 Å². The first-order chi connectivity index (χ1) is 8.22. The van der Waals surface area contributed by atoms with Crippen molar-refractivity contribution in [1.29, 1.82) is 0 Å². The maximum absolute atomic E-state index is 9.70. The molecule has 4 heteroatoms. The van der Waals surface area contributed by atoms with Crippen molar-refractivity contribution in [3.8, 4) is 11.5 Å². The van der Waals surface area contributed by atoms with Crippen LogP contribution < -0.4 is 4.74 Å². The Morgan fingerprint density at radius 3 is 2.82 bits per heavy atom. The number of hydrogen-bond acceptors (Lipinski definition) is 4. The van der Waals surface area contributed by atoms with Gasteiger partial charge in [0.25, 0.3) is 0 Å². The molecule has 0 aromatic heterocycles. The zero-order valence-corrected chi connectivity index (χ0v) is 10.3. The van der Waals surface area contributed by atoms with E-state index in [2.05, 4.69) is 4.90 Å². The van der Waals surface area contributed by atoms with Crippen LogP contribution in [0.2, 0.25) is 0 Å². The fraction of sp³-hybridized carbons (Fsp3) is 0.538. The van der Waals surface area contributed by atoms with Crippen LogP contribution in [0.15, 0.2) is 18.2 Å². The van der Waals surface area contributed by atoms with Gasteiger partial charge in [0.15, 0.2) is 11.5 Å². The van der Waals surface area contributed by atoms with Gasteiger partial charge in [0, 0.05) is 26.7 Å². The number of rotatable bonds is 4. The molecule has 1 aromatic rings. The molecule has 1 N–H and O–H groups in total. The number of nitrogens with zero attached hydrogens (tertiary/aromatic N) is 1. The molecule has 1 saturated heterocycles. The first kappa shape index (κ1) is 12.2. The number of phenols is 1. The van der Waals surface area contributed by atoms with Crippen LogP contribution >= 0.6 is 0 Å². The van der Waals surface area contributed by atoms with Gasteiger partial charge >= 0.3 is 0 Å². The summed E-state index contributed by atoms with van der Waals surface area (Å²) in [5.74, 6) is 0.720. The molecular weight excluding hydrogens is 218 g/mol. The van der Waals surface area contributed by atoms with E-state index in [0.29, 0.717) is 11.9 Å². The normalized spacial score (nSPS) is 20.7. The Labute approximate surface area is 102 Å². The molecule has 4 nitrogen and oxygen atoms in total. The number of hydrogen-bond donors (Lipinski definition) is 1. The molecule has 0 saturated carbocycles. The van der Waals surface area contributed by atoms with E-state index in [-0.39, 0.29) is 5.75 Å². The third-order valence-corrected chi connectivity index (χ3v) is 3.21. The molecule has 1 aromatic carbocycles. The third-order valence-electron chi connectivity index (χ3n) is 3.21. The number of phenolic OH excluding ortho intramolecular Hbond substituents is 1. The molecular formula is C13H19NO3. The zero-order chi connectivity index (χ0) is 12.3. The van der Waals surface area contributed by atoms with Gasteiger partial charge in [-0.3, -0.25) is 4.90 Å². The Bertz CT molecular complexity index is 381. The molecule has 2 rings (SSSR count). The first-order valence-corrected chi connectivity index (χ1v) is 5.84. The van der Waals surface area contributed by atoms with Crippen LogP contribution in [0.5, 0.6) is 11.5 Å². The SMILES string of the molecule is COc1ccc(CN2CCC(OC)C2)cc1O. The fourth-order valence-corrected chi connectivity index (χ4v) is 2.23. The second kappa shape index (κ2) is 5.38. The average molecular weight is 237 g/mol. The van der Waals surface area contributed by atoms with E-state index in [1.165, 1.54) is 0 Å². The van der Waals surface area contributed by atoms with Crippen molar-refractivity contribution in [3.63, 3.8) is 0 Å². The first-order valence-electron chi connectivity index (χ1n) is 5.84. The topological polar surface area (TPSA) is 41.9 Å². The van der Waals surface area contributed by atoms with E-state index in [9.17, 15) is 5.11 Å². The van der Waals surface area contributed by atoms with Gasteiger partial charge in [-0.25, -0.2) is 0 Å². The van der Waals surface area contributed by atoms with Gasteiger partial charge in [-0.1, -0.05) is 6.07 Å². The van der Waals surface area contributed by atoms with Crippen LogP contribution in [0.25, 0.3) is 0 Å². The minimum atomic E-state index is 0.201. The summed E-state index contributed by atoms with van der Waals surface area (Å²) in [4.78, 5) is 2.33. The summed E-state index contributed by atoms with van der Waals surface area (Å²) in [5, 5.41) is 9.70. The van der Waals surface area contributed by atoms with Crippen LogP contribution in [-0.4, -0.2) is 43.4 Å². The lowest BCUT2D eigenvalue weighted by molar-refractivity contribution is 0.107. The number of likely N-dealkylation sites (tertiary alicyclic amines) is 1. The smallest absolute Gasteiger partial charge is 0.160 e. The molecule has 0 spiro atoms. The van der Waals surface area contributed by atoms with E-state index >= 15 is 0 Å². The van der Waals surface area contributed by atoms with Crippen LogP contribution in [0.1, 0.15) is 12.0 Å².